The Morgan fingerprint density at radius 1 is 1.12 bits per heavy atom. The van der Waals surface area contributed by atoms with Gasteiger partial charge in [-0.3, -0.25) is 4.79 Å². The Kier molecular flexibility index (Phi) is 6.60. The Balaban J connectivity index is 2.08. The highest BCUT2D eigenvalue weighted by molar-refractivity contribution is 5.97. The molecule has 2 rings (SSSR count). The lowest BCUT2D eigenvalue weighted by molar-refractivity contribution is -0.122. The van der Waals surface area contributed by atoms with Crippen LogP contribution in [-0.2, 0) is 9.53 Å². The second-order valence-corrected chi connectivity index (χ2v) is 5.68. The summed E-state index contributed by atoms with van der Waals surface area (Å²) in [4.78, 5) is 24.3. The monoisotopic (exact) mass is 357 g/mol. The van der Waals surface area contributed by atoms with Crippen LogP contribution in [0.25, 0.3) is 0 Å². The lowest BCUT2D eigenvalue weighted by Crippen LogP contribution is -2.30. The average Bonchev–Trinajstić information content (AvgIpc) is 2.63. The Bertz CT molecular complexity index is 788. The van der Waals surface area contributed by atoms with Gasteiger partial charge in [-0.25, -0.2) is 4.79 Å². The normalized spacial score (nSPS) is 11.4. The van der Waals surface area contributed by atoms with Gasteiger partial charge in [0.2, 0.25) is 0 Å². The summed E-state index contributed by atoms with van der Waals surface area (Å²) in [5.41, 5.74) is 1.76. The molecule has 0 bridgehead atoms. The van der Waals surface area contributed by atoms with E-state index in [0.29, 0.717) is 29.4 Å². The average molecular weight is 357 g/mol. The maximum Gasteiger partial charge on any atom is 0.338 e. The van der Waals surface area contributed by atoms with Crippen LogP contribution in [0, 0.1) is 6.92 Å². The van der Waals surface area contributed by atoms with Crippen LogP contribution in [0.2, 0.25) is 0 Å². The maximum absolute atomic E-state index is 12.4. The highest BCUT2D eigenvalue weighted by Crippen LogP contribution is 2.21. The molecule has 1 atom stereocenters. The van der Waals surface area contributed by atoms with Crippen molar-refractivity contribution in [2.45, 2.75) is 26.9 Å². The van der Waals surface area contributed by atoms with E-state index in [2.05, 4.69) is 5.32 Å². The third-order valence-corrected chi connectivity index (χ3v) is 3.73. The van der Waals surface area contributed by atoms with Crippen LogP contribution in [0.4, 0.5) is 5.69 Å². The van der Waals surface area contributed by atoms with E-state index in [1.807, 2.05) is 6.92 Å². The van der Waals surface area contributed by atoms with Crippen molar-refractivity contribution in [2.75, 3.05) is 19.0 Å². The van der Waals surface area contributed by atoms with Gasteiger partial charge in [-0.05, 0) is 50.6 Å². The predicted octanol–water partition coefficient (Wildman–Crippen LogP) is 3.59. The molecule has 0 spiro atoms. The largest absolute Gasteiger partial charge is 0.497 e. The quantitative estimate of drug-likeness (QED) is 0.767. The van der Waals surface area contributed by atoms with Crippen LogP contribution in [0.5, 0.6) is 11.5 Å². The molecule has 0 saturated heterocycles. The summed E-state index contributed by atoms with van der Waals surface area (Å²) in [5, 5.41) is 2.79. The summed E-state index contributed by atoms with van der Waals surface area (Å²) in [6.07, 6.45) is -0.729. The third-order valence-electron chi connectivity index (χ3n) is 3.73. The van der Waals surface area contributed by atoms with E-state index in [4.69, 9.17) is 14.2 Å². The topological polar surface area (TPSA) is 73.9 Å². The number of ether oxygens (including phenoxy) is 3. The number of anilines is 1. The molecular weight excluding hydrogens is 334 g/mol. The van der Waals surface area contributed by atoms with Crippen LogP contribution in [-0.4, -0.2) is 31.7 Å². The van der Waals surface area contributed by atoms with Crippen molar-refractivity contribution in [1.82, 2.24) is 0 Å². The van der Waals surface area contributed by atoms with Gasteiger partial charge in [0.15, 0.2) is 6.10 Å². The molecule has 2 aromatic rings. The number of methoxy groups -OCH3 is 1. The molecule has 1 N–H and O–H groups in total. The summed E-state index contributed by atoms with van der Waals surface area (Å²) in [6.45, 7) is 5.53. The Labute approximate surface area is 153 Å². The van der Waals surface area contributed by atoms with Gasteiger partial charge in [0.05, 0.1) is 19.3 Å². The number of amides is 1. The zero-order chi connectivity index (χ0) is 19.1. The Morgan fingerprint density at radius 2 is 1.85 bits per heavy atom. The van der Waals surface area contributed by atoms with Crippen molar-refractivity contribution in [2.24, 2.45) is 0 Å². The van der Waals surface area contributed by atoms with E-state index in [1.54, 1.807) is 63.4 Å². The van der Waals surface area contributed by atoms with Crippen LogP contribution in [0.3, 0.4) is 0 Å². The summed E-state index contributed by atoms with van der Waals surface area (Å²) < 4.78 is 15.8. The Hall–Kier alpha value is -3.02. The molecule has 6 nitrogen and oxygen atoms in total. The van der Waals surface area contributed by atoms with Crippen molar-refractivity contribution in [1.29, 1.82) is 0 Å². The second kappa shape index (κ2) is 8.89. The lowest BCUT2D eigenvalue weighted by Gasteiger charge is -2.16. The predicted molar refractivity (Wildman–Crippen MR) is 98.8 cm³/mol. The first kappa shape index (κ1) is 19.3. The van der Waals surface area contributed by atoms with E-state index in [9.17, 15) is 9.59 Å². The van der Waals surface area contributed by atoms with Gasteiger partial charge in [-0.15, -0.1) is 0 Å². The molecule has 1 amide bonds. The van der Waals surface area contributed by atoms with Gasteiger partial charge in [-0.2, -0.15) is 0 Å². The third kappa shape index (κ3) is 4.99. The number of rotatable bonds is 7. The number of carbonyl (C=O) groups is 2. The second-order valence-electron chi connectivity index (χ2n) is 5.68. The molecule has 6 heteroatoms. The first-order valence-electron chi connectivity index (χ1n) is 8.34. The maximum atomic E-state index is 12.4. The summed E-state index contributed by atoms with van der Waals surface area (Å²) in [5.74, 6) is 0.428. The molecule has 0 aliphatic heterocycles. The van der Waals surface area contributed by atoms with Crippen LogP contribution >= 0.6 is 0 Å². The van der Waals surface area contributed by atoms with Crippen LogP contribution in [0.15, 0.2) is 42.5 Å². The molecule has 0 saturated carbocycles. The molecule has 0 aromatic heterocycles. The fraction of sp³-hybridized carbons (Fsp3) is 0.300. The van der Waals surface area contributed by atoms with Gasteiger partial charge in [0, 0.05) is 11.8 Å². The molecule has 0 aliphatic rings. The summed E-state index contributed by atoms with van der Waals surface area (Å²) in [6, 6.07) is 12.1. The zero-order valence-corrected chi connectivity index (χ0v) is 15.4. The molecule has 0 fully saturated rings. The number of carbonyl (C=O) groups excluding carboxylic acids is 2. The van der Waals surface area contributed by atoms with Gasteiger partial charge in [-0.1, -0.05) is 12.1 Å². The van der Waals surface area contributed by atoms with Crippen molar-refractivity contribution < 1.29 is 23.8 Å². The van der Waals surface area contributed by atoms with Crippen molar-refractivity contribution in [3.8, 4) is 11.5 Å². The first-order chi connectivity index (χ1) is 12.4. The van der Waals surface area contributed by atoms with Crippen molar-refractivity contribution in [3.05, 3.63) is 53.6 Å². The number of hydrogen-bond acceptors (Lipinski definition) is 5. The van der Waals surface area contributed by atoms with Crippen molar-refractivity contribution in [3.63, 3.8) is 0 Å². The van der Waals surface area contributed by atoms with Crippen molar-refractivity contribution >= 4 is 17.6 Å². The highest BCUT2D eigenvalue weighted by atomic mass is 16.5. The number of hydrogen-bond donors (Lipinski definition) is 1. The van der Waals surface area contributed by atoms with E-state index in [0.717, 1.165) is 5.56 Å². The van der Waals surface area contributed by atoms with Crippen LogP contribution in [0.1, 0.15) is 29.8 Å². The van der Waals surface area contributed by atoms with E-state index >= 15 is 0 Å². The molecule has 0 radical (unpaired) electrons. The minimum Gasteiger partial charge on any atom is -0.497 e. The molecule has 0 aliphatic carbocycles. The molecule has 138 valence electrons. The fourth-order valence-corrected chi connectivity index (χ4v) is 2.26. The lowest BCUT2D eigenvalue weighted by atomic mass is 10.1. The zero-order valence-electron chi connectivity index (χ0n) is 15.4. The van der Waals surface area contributed by atoms with E-state index < -0.39 is 12.1 Å². The number of aryl methyl sites for hydroxylation is 1. The standard InChI is InChI=1S/C20H23NO5/c1-5-25-20(23)15-10-9-13(2)18(11-15)21-19(22)14(3)26-17-8-6-7-16(12-17)24-4/h6-12,14H,5H2,1-4H3,(H,21,22)/t14-/m0/s1. The summed E-state index contributed by atoms with van der Waals surface area (Å²) in [7, 11) is 1.56. The fourth-order valence-electron chi connectivity index (χ4n) is 2.26. The van der Waals surface area contributed by atoms with E-state index in [1.165, 1.54) is 0 Å². The highest BCUT2D eigenvalue weighted by Gasteiger charge is 2.17. The van der Waals surface area contributed by atoms with Gasteiger partial charge in [0.1, 0.15) is 11.5 Å². The molecule has 2 aromatic carbocycles. The minimum atomic E-state index is -0.729. The first-order valence-corrected chi connectivity index (χ1v) is 8.34. The van der Waals surface area contributed by atoms with Crippen LogP contribution < -0.4 is 14.8 Å². The van der Waals surface area contributed by atoms with Gasteiger partial charge < -0.3 is 19.5 Å². The number of benzene rings is 2. The van der Waals surface area contributed by atoms with Gasteiger partial charge >= 0.3 is 5.97 Å². The van der Waals surface area contributed by atoms with Gasteiger partial charge in [0.25, 0.3) is 5.91 Å². The molecule has 0 heterocycles. The summed E-state index contributed by atoms with van der Waals surface area (Å²) >= 11 is 0. The number of nitrogens with one attached hydrogen (secondary N) is 1. The minimum absolute atomic E-state index is 0.291. The number of esters is 1. The molecular formula is C20H23NO5. The molecule has 26 heavy (non-hydrogen) atoms. The molecule has 0 unspecified atom stereocenters. The Morgan fingerprint density at radius 3 is 2.54 bits per heavy atom. The smallest absolute Gasteiger partial charge is 0.338 e. The SMILES string of the molecule is CCOC(=O)c1ccc(C)c(NC(=O)[C@H](C)Oc2cccc(OC)c2)c1. The van der Waals surface area contributed by atoms with E-state index in [-0.39, 0.29) is 5.91 Å².